The fourth-order valence-corrected chi connectivity index (χ4v) is 5.15. The maximum atomic E-state index is 5.74. The van der Waals surface area contributed by atoms with Gasteiger partial charge in [0.05, 0.1) is 13.2 Å². The van der Waals surface area contributed by atoms with Crippen LogP contribution in [0.15, 0.2) is 23.8 Å². The Morgan fingerprint density at radius 2 is 2.36 bits per heavy atom. The summed E-state index contributed by atoms with van der Waals surface area (Å²) in [6.07, 6.45) is 9.02. The molecule has 14 heavy (non-hydrogen) atoms. The monoisotopic (exact) mass is 186 g/mol. The molecule has 3 fully saturated rings. The first-order valence-electron chi connectivity index (χ1n) is 5.88. The fraction of sp³-hybridized carbons (Fsp3) is 0.692. The predicted molar refractivity (Wildman–Crippen MR) is 52.5 cm³/mol. The fourth-order valence-electron chi connectivity index (χ4n) is 5.15. The van der Waals surface area contributed by atoms with Crippen LogP contribution in [0.5, 0.6) is 0 Å². The summed E-state index contributed by atoms with van der Waals surface area (Å²) >= 11 is 0. The lowest BCUT2D eigenvalue weighted by molar-refractivity contribution is 0.106. The molecule has 6 unspecified atom stereocenters. The number of hydrogen-bond acceptors (Lipinski definition) is 1. The van der Waals surface area contributed by atoms with Crippen LogP contribution >= 0.6 is 0 Å². The summed E-state index contributed by atoms with van der Waals surface area (Å²) in [5.74, 6) is 4.64. The summed E-state index contributed by atoms with van der Waals surface area (Å²) < 4.78 is 5.74. The molecular formula is C13H14O. The average Bonchev–Trinajstić information content (AvgIpc) is 2.47. The van der Waals surface area contributed by atoms with Crippen LogP contribution in [-0.2, 0) is 4.74 Å². The summed E-state index contributed by atoms with van der Waals surface area (Å²) in [7, 11) is 0. The van der Waals surface area contributed by atoms with E-state index in [2.05, 4.69) is 18.2 Å². The topological polar surface area (TPSA) is 9.23 Å². The van der Waals surface area contributed by atoms with E-state index in [1.54, 1.807) is 5.57 Å². The second-order valence-electron chi connectivity index (χ2n) is 5.80. The second-order valence-corrected chi connectivity index (χ2v) is 5.80. The van der Waals surface area contributed by atoms with Crippen LogP contribution in [0.3, 0.4) is 0 Å². The van der Waals surface area contributed by atoms with Crippen LogP contribution in [0.25, 0.3) is 0 Å². The maximum absolute atomic E-state index is 5.74. The van der Waals surface area contributed by atoms with Crippen LogP contribution in [0.4, 0.5) is 0 Å². The average molecular weight is 186 g/mol. The lowest BCUT2D eigenvalue weighted by atomic mass is 9.72. The molecule has 0 radical (unpaired) electrons. The van der Waals surface area contributed by atoms with Gasteiger partial charge >= 0.3 is 0 Å². The highest BCUT2D eigenvalue weighted by Gasteiger charge is 2.74. The zero-order valence-corrected chi connectivity index (χ0v) is 8.15. The Labute approximate surface area is 83.8 Å². The molecule has 1 saturated heterocycles. The van der Waals surface area contributed by atoms with Crippen LogP contribution < -0.4 is 0 Å². The molecule has 1 nitrogen and oxygen atoms in total. The minimum absolute atomic E-state index is 0.531. The van der Waals surface area contributed by atoms with Gasteiger partial charge in [0.1, 0.15) is 0 Å². The quantitative estimate of drug-likeness (QED) is 0.526. The van der Waals surface area contributed by atoms with Crippen LogP contribution in [-0.4, -0.2) is 13.2 Å². The van der Waals surface area contributed by atoms with Crippen molar-refractivity contribution in [3.05, 3.63) is 23.8 Å². The Balaban J connectivity index is 1.83. The molecule has 0 aromatic heterocycles. The van der Waals surface area contributed by atoms with Crippen molar-refractivity contribution in [3.63, 3.8) is 0 Å². The molecule has 6 aliphatic rings. The van der Waals surface area contributed by atoms with Crippen LogP contribution in [0.1, 0.15) is 6.42 Å². The van der Waals surface area contributed by atoms with Gasteiger partial charge in [0, 0.05) is 5.41 Å². The Morgan fingerprint density at radius 3 is 3.36 bits per heavy atom. The summed E-state index contributed by atoms with van der Waals surface area (Å²) in [6.45, 7) is 1.98. The zero-order valence-electron chi connectivity index (χ0n) is 8.15. The van der Waals surface area contributed by atoms with Crippen molar-refractivity contribution in [2.75, 3.05) is 13.2 Å². The van der Waals surface area contributed by atoms with Crippen molar-refractivity contribution >= 4 is 0 Å². The maximum Gasteiger partial charge on any atom is 0.0683 e. The van der Waals surface area contributed by atoms with Crippen molar-refractivity contribution in [1.29, 1.82) is 0 Å². The summed E-state index contributed by atoms with van der Waals surface area (Å²) in [6, 6.07) is 0. The summed E-state index contributed by atoms with van der Waals surface area (Å²) in [5.41, 5.74) is 2.20. The van der Waals surface area contributed by atoms with E-state index >= 15 is 0 Å². The zero-order chi connectivity index (χ0) is 8.91. The molecule has 5 aliphatic carbocycles. The molecule has 1 heteroatoms. The molecule has 6 rings (SSSR count). The SMILES string of the molecule is C1=CC2C3CC4C1C=C1COCC14C23. The summed E-state index contributed by atoms with van der Waals surface area (Å²) in [4.78, 5) is 0. The first kappa shape index (κ1) is 6.84. The molecule has 0 aromatic rings. The van der Waals surface area contributed by atoms with Crippen molar-refractivity contribution in [2.45, 2.75) is 6.42 Å². The van der Waals surface area contributed by atoms with Crippen LogP contribution in [0, 0.1) is 35.0 Å². The molecule has 1 heterocycles. The van der Waals surface area contributed by atoms with Gasteiger partial charge in [0.2, 0.25) is 0 Å². The minimum atomic E-state index is 0.531. The van der Waals surface area contributed by atoms with E-state index < -0.39 is 0 Å². The normalized spacial score (nSPS) is 65.1. The molecule has 6 atom stereocenters. The van der Waals surface area contributed by atoms with Crippen molar-refractivity contribution in [1.82, 2.24) is 0 Å². The molecule has 1 aliphatic heterocycles. The molecule has 0 aromatic carbocycles. The lowest BCUT2D eigenvalue weighted by Crippen LogP contribution is -2.30. The number of rotatable bonds is 0. The van der Waals surface area contributed by atoms with Crippen molar-refractivity contribution < 1.29 is 4.74 Å². The molecular weight excluding hydrogens is 172 g/mol. The van der Waals surface area contributed by atoms with E-state index in [1.807, 2.05) is 0 Å². The molecule has 0 amide bonds. The predicted octanol–water partition coefficient (Wildman–Crippen LogP) is 2.01. The lowest BCUT2D eigenvalue weighted by Gasteiger charge is -2.30. The Hall–Kier alpha value is -0.560. The largest absolute Gasteiger partial charge is 0.376 e. The Morgan fingerprint density at radius 1 is 1.36 bits per heavy atom. The first-order valence-corrected chi connectivity index (χ1v) is 5.88. The van der Waals surface area contributed by atoms with E-state index in [-0.39, 0.29) is 0 Å². The minimum Gasteiger partial charge on any atom is -0.376 e. The van der Waals surface area contributed by atoms with Crippen molar-refractivity contribution in [2.24, 2.45) is 35.0 Å². The van der Waals surface area contributed by atoms with Gasteiger partial charge in [-0.1, -0.05) is 18.2 Å². The smallest absolute Gasteiger partial charge is 0.0683 e. The van der Waals surface area contributed by atoms with Gasteiger partial charge in [-0.25, -0.2) is 0 Å². The molecule has 72 valence electrons. The molecule has 1 spiro atoms. The molecule has 2 saturated carbocycles. The van der Waals surface area contributed by atoms with Gasteiger partial charge in [0.25, 0.3) is 0 Å². The van der Waals surface area contributed by atoms with E-state index in [0.717, 1.165) is 42.8 Å². The molecule has 0 N–H and O–H groups in total. The standard InChI is InChI=1S/C13H14O/c1-2-9-10-4-11-7(1)3-8-5-14-6-13(8,11)12(9)10/h1-3,7,9-12H,4-6H2. The first-order chi connectivity index (χ1) is 6.91. The van der Waals surface area contributed by atoms with Gasteiger partial charge in [0.15, 0.2) is 0 Å². The summed E-state index contributed by atoms with van der Waals surface area (Å²) in [5, 5.41) is 0. The van der Waals surface area contributed by atoms with Gasteiger partial charge < -0.3 is 4.74 Å². The van der Waals surface area contributed by atoms with Gasteiger partial charge in [-0.2, -0.15) is 0 Å². The van der Waals surface area contributed by atoms with Gasteiger partial charge in [-0.3, -0.25) is 0 Å². The highest BCUT2D eigenvalue weighted by molar-refractivity contribution is 5.43. The van der Waals surface area contributed by atoms with E-state index in [0.29, 0.717) is 5.41 Å². The van der Waals surface area contributed by atoms with Crippen molar-refractivity contribution in [3.8, 4) is 0 Å². The van der Waals surface area contributed by atoms with Crippen LogP contribution in [0.2, 0.25) is 0 Å². The third-order valence-electron chi connectivity index (χ3n) is 5.62. The number of hydrogen-bond donors (Lipinski definition) is 0. The third-order valence-corrected chi connectivity index (χ3v) is 5.62. The van der Waals surface area contributed by atoms with Gasteiger partial charge in [-0.15, -0.1) is 0 Å². The van der Waals surface area contributed by atoms with E-state index in [1.165, 1.54) is 6.42 Å². The molecule has 6 bridgehead atoms. The number of ether oxygens (including phenoxy) is 1. The third kappa shape index (κ3) is 0.471. The number of allylic oxidation sites excluding steroid dienone is 3. The Bertz CT molecular complexity index is 394. The van der Waals surface area contributed by atoms with E-state index in [4.69, 9.17) is 4.74 Å². The van der Waals surface area contributed by atoms with E-state index in [9.17, 15) is 0 Å². The van der Waals surface area contributed by atoms with Gasteiger partial charge in [-0.05, 0) is 41.6 Å². The Kier molecular flexibility index (Phi) is 0.858. The second kappa shape index (κ2) is 1.76. The highest BCUT2D eigenvalue weighted by atomic mass is 16.5. The highest BCUT2D eigenvalue weighted by Crippen LogP contribution is 2.77.